The fourth-order valence-electron chi connectivity index (χ4n) is 5.17. The van der Waals surface area contributed by atoms with E-state index in [0.29, 0.717) is 11.1 Å². The predicted octanol–water partition coefficient (Wildman–Crippen LogP) is 2.02. The maximum atomic E-state index is 9.77. The second-order valence-electron chi connectivity index (χ2n) is 9.94. The summed E-state index contributed by atoms with van der Waals surface area (Å²) in [6.07, 6.45) is 12.6. The summed E-state index contributed by atoms with van der Waals surface area (Å²) in [5.74, 6) is -3.54. The van der Waals surface area contributed by atoms with E-state index in [1.54, 1.807) is 0 Å². The van der Waals surface area contributed by atoms with Crippen molar-refractivity contribution in [3.8, 4) is 0 Å². The fourth-order valence-corrected chi connectivity index (χ4v) is 5.17. The number of nitrogens with one attached hydrogen (secondary N) is 2. The van der Waals surface area contributed by atoms with E-state index >= 15 is 0 Å². The normalized spacial score (nSPS) is 36.7. The summed E-state index contributed by atoms with van der Waals surface area (Å²) in [4.78, 5) is 19.5. The van der Waals surface area contributed by atoms with Crippen LogP contribution in [0.4, 0.5) is 0 Å². The van der Waals surface area contributed by atoms with Gasteiger partial charge in [-0.05, 0) is 65.2 Å². The van der Waals surface area contributed by atoms with E-state index in [1.165, 1.54) is 77.0 Å². The van der Waals surface area contributed by atoms with Crippen LogP contribution in [0.15, 0.2) is 0 Å². The first-order valence-electron chi connectivity index (χ1n) is 11.4. The summed E-state index contributed by atoms with van der Waals surface area (Å²) in [6.45, 7) is 4.77. The Kier molecular flexibility index (Phi) is 9.09. The van der Waals surface area contributed by atoms with Crippen LogP contribution < -0.4 is 10.6 Å². The lowest BCUT2D eigenvalue weighted by molar-refractivity contribution is -0.165. The van der Waals surface area contributed by atoms with Crippen LogP contribution in [0, 0.1) is 0 Å². The molecule has 0 aliphatic carbocycles. The Hall–Kier alpha value is -1.22. The number of hydrogen-bond donors (Lipinski definition) is 6. The molecule has 0 spiro atoms. The molecule has 0 radical (unpaired) electrons. The van der Waals surface area contributed by atoms with E-state index in [1.807, 2.05) is 0 Å². The smallest absolute Gasteiger partial charge is 0.335 e. The van der Waals surface area contributed by atoms with Gasteiger partial charge in [0.1, 0.15) is 0 Å². The molecule has 0 aromatic rings. The minimum absolute atomic E-state index is 0.529. The molecule has 8 nitrogen and oxygen atoms in total. The van der Waals surface area contributed by atoms with E-state index in [-0.39, 0.29) is 0 Å². The van der Waals surface area contributed by atoms with Gasteiger partial charge in [0.05, 0.1) is 0 Å². The lowest BCUT2D eigenvalue weighted by atomic mass is 9.91. The van der Waals surface area contributed by atoms with E-state index in [4.69, 9.17) is 20.4 Å². The summed E-state index contributed by atoms with van der Waals surface area (Å²) in [5, 5.41) is 40.0. The molecule has 4 aliphatic rings. The molecule has 0 aromatic carbocycles. The van der Waals surface area contributed by atoms with Crippen LogP contribution >= 0.6 is 0 Å². The van der Waals surface area contributed by atoms with Gasteiger partial charge in [0.2, 0.25) is 0 Å². The number of hydrogen-bond acceptors (Lipinski definition) is 6. The van der Waals surface area contributed by atoms with Crippen molar-refractivity contribution in [2.24, 2.45) is 0 Å². The molecule has 30 heavy (non-hydrogen) atoms. The summed E-state index contributed by atoms with van der Waals surface area (Å²) < 4.78 is 0. The van der Waals surface area contributed by atoms with Crippen molar-refractivity contribution in [2.45, 2.75) is 126 Å². The van der Waals surface area contributed by atoms with Gasteiger partial charge in [0, 0.05) is 23.2 Å². The first-order chi connectivity index (χ1) is 14.0. The van der Waals surface area contributed by atoms with Crippen LogP contribution in [-0.4, -0.2) is 67.7 Å². The van der Waals surface area contributed by atoms with Crippen LogP contribution in [0.1, 0.15) is 90.9 Å². The minimum Gasteiger partial charge on any atom is -0.479 e. The molecule has 0 amide bonds. The van der Waals surface area contributed by atoms with Gasteiger partial charge in [-0.15, -0.1) is 0 Å². The third-order valence-electron chi connectivity index (χ3n) is 7.06. The molecule has 6 atom stereocenters. The van der Waals surface area contributed by atoms with Gasteiger partial charge < -0.3 is 31.1 Å². The average Bonchev–Trinajstić information content (AvgIpc) is 3.09. The second kappa shape index (κ2) is 10.9. The number of aliphatic hydroxyl groups excluding tert-OH is 2. The van der Waals surface area contributed by atoms with Crippen LogP contribution in [0.2, 0.25) is 0 Å². The SMILES string of the molecule is CC12CCCCC(CC1)N2.CC12CCCCC(CC1)N2.O=C(O)C(O)C(O)C(=O)O. The Morgan fingerprint density at radius 2 is 1.07 bits per heavy atom. The maximum Gasteiger partial charge on any atom is 0.335 e. The Bertz CT molecular complexity index is 534. The molecule has 174 valence electrons. The molecule has 4 heterocycles. The Morgan fingerprint density at radius 1 is 0.700 bits per heavy atom. The van der Waals surface area contributed by atoms with Crippen molar-refractivity contribution in [2.75, 3.05) is 0 Å². The molecule has 0 saturated carbocycles. The summed E-state index contributed by atoms with van der Waals surface area (Å²) in [5.41, 5.74) is 1.06. The third-order valence-corrected chi connectivity index (χ3v) is 7.06. The topological polar surface area (TPSA) is 139 Å². The maximum absolute atomic E-state index is 9.77. The first kappa shape index (κ1) is 25.0. The summed E-state index contributed by atoms with van der Waals surface area (Å²) in [6, 6.07) is 1.74. The number of carboxylic acid groups (broad SMARTS) is 2. The highest BCUT2D eigenvalue weighted by Gasteiger charge is 2.36. The highest BCUT2D eigenvalue weighted by atomic mass is 16.4. The van der Waals surface area contributed by atoms with Crippen molar-refractivity contribution in [1.29, 1.82) is 0 Å². The number of carbonyl (C=O) groups is 2. The Labute approximate surface area is 179 Å². The standard InChI is InChI=1S/2C9H17N.C4H6O6/c2*1-9-6-3-2-4-8(10-9)5-7-9;5-1(3(7)8)2(6)4(9)10/h2*8,10H,2-7H2,1H3;1-2,5-6H,(H,7,8)(H,9,10). The van der Waals surface area contributed by atoms with Gasteiger partial charge in [-0.25, -0.2) is 9.59 Å². The van der Waals surface area contributed by atoms with Crippen LogP contribution in [0.5, 0.6) is 0 Å². The lowest BCUT2D eigenvalue weighted by Crippen LogP contribution is -2.39. The van der Waals surface area contributed by atoms with Gasteiger partial charge in [0.25, 0.3) is 0 Å². The van der Waals surface area contributed by atoms with Crippen molar-refractivity contribution < 1.29 is 30.0 Å². The molecule has 4 bridgehead atoms. The molecule has 4 saturated heterocycles. The molecule has 0 aromatic heterocycles. The molecule has 4 fully saturated rings. The van der Waals surface area contributed by atoms with Crippen LogP contribution in [-0.2, 0) is 9.59 Å². The van der Waals surface area contributed by atoms with Crippen LogP contribution in [0.3, 0.4) is 0 Å². The van der Waals surface area contributed by atoms with E-state index in [9.17, 15) is 9.59 Å². The molecular weight excluding hydrogens is 388 g/mol. The second-order valence-corrected chi connectivity index (χ2v) is 9.94. The van der Waals surface area contributed by atoms with E-state index < -0.39 is 24.1 Å². The van der Waals surface area contributed by atoms with Gasteiger partial charge in [-0.1, -0.05) is 25.7 Å². The van der Waals surface area contributed by atoms with Gasteiger partial charge >= 0.3 is 11.9 Å². The monoisotopic (exact) mass is 428 g/mol. The van der Waals surface area contributed by atoms with Gasteiger partial charge in [0.15, 0.2) is 12.2 Å². The van der Waals surface area contributed by atoms with Gasteiger partial charge in [-0.3, -0.25) is 0 Å². The predicted molar refractivity (Wildman–Crippen MR) is 113 cm³/mol. The zero-order valence-corrected chi connectivity index (χ0v) is 18.4. The molecule has 6 N–H and O–H groups in total. The molecule has 4 aliphatic heterocycles. The molecule has 8 heteroatoms. The van der Waals surface area contributed by atoms with Crippen LogP contribution in [0.25, 0.3) is 0 Å². The zero-order valence-electron chi connectivity index (χ0n) is 18.4. The Morgan fingerprint density at radius 3 is 1.40 bits per heavy atom. The largest absolute Gasteiger partial charge is 0.479 e. The number of aliphatic carboxylic acids is 2. The summed E-state index contributed by atoms with van der Waals surface area (Å²) >= 11 is 0. The Balaban J connectivity index is 0.000000160. The average molecular weight is 429 g/mol. The van der Waals surface area contributed by atoms with Crippen molar-refractivity contribution >= 4 is 11.9 Å². The molecular formula is C22H40N2O6. The van der Waals surface area contributed by atoms with Crippen molar-refractivity contribution in [3.05, 3.63) is 0 Å². The zero-order chi connectivity index (χ0) is 22.4. The third kappa shape index (κ3) is 7.48. The fraction of sp³-hybridized carbons (Fsp3) is 0.909. The minimum atomic E-state index is -2.27. The number of fused-ring (bicyclic) bond motifs is 4. The number of aliphatic hydroxyl groups is 2. The highest BCUT2D eigenvalue weighted by molar-refractivity contribution is 5.83. The quantitative estimate of drug-likeness (QED) is 0.401. The van der Waals surface area contributed by atoms with Crippen molar-refractivity contribution in [1.82, 2.24) is 10.6 Å². The van der Waals surface area contributed by atoms with E-state index in [2.05, 4.69) is 24.5 Å². The summed E-state index contributed by atoms with van der Waals surface area (Å²) in [7, 11) is 0. The molecule has 6 unspecified atom stereocenters. The number of carboxylic acids is 2. The van der Waals surface area contributed by atoms with E-state index in [0.717, 1.165) is 12.1 Å². The number of rotatable bonds is 3. The lowest BCUT2D eigenvalue weighted by Gasteiger charge is -2.23. The first-order valence-corrected chi connectivity index (χ1v) is 11.4. The van der Waals surface area contributed by atoms with Gasteiger partial charge in [-0.2, -0.15) is 0 Å². The van der Waals surface area contributed by atoms with Crippen molar-refractivity contribution in [3.63, 3.8) is 0 Å². The molecule has 4 rings (SSSR count). The highest BCUT2D eigenvalue weighted by Crippen LogP contribution is 2.34.